The molecule has 9 heteroatoms. The van der Waals surface area contributed by atoms with Crippen molar-refractivity contribution < 1.29 is 19.1 Å². The Morgan fingerprint density at radius 3 is 2.45 bits per heavy atom. The van der Waals surface area contributed by atoms with Crippen molar-refractivity contribution in [2.75, 3.05) is 4.90 Å². The van der Waals surface area contributed by atoms with Gasteiger partial charge in [-0.05, 0) is 56.3 Å². The summed E-state index contributed by atoms with van der Waals surface area (Å²) in [6.07, 6.45) is 1.27. The smallest absolute Gasteiger partial charge is 0.335 e. The number of nitrogens with one attached hydrogen (secondary N) is 1. The molecular formula is C20H15BrCl2N2O4. The third kappa shape index (κ3) is 4.63. The Kier molecular flexibility index (Phi) is 6.31. The molecule has 6 nitrogen and oxygen atoms in total. The molecule has 0 aliphatic carbocycles. The van der Waals surface area contributed by atoms with E-state index in [4.69, 9.17) is 27.9 Å². The number of carbonyl (C=O) groups is 3. The molecule has 150 valence electrons. The van der Waals surface area contributed by atoms with Crippen LogP contribution in [-0.4, -0.2) is 23.9 Å². The molecule has 1 aliphatic rings. The van der Waals surface area contributed by atoms with E-state index in [1.54, 1.807) is 18.2 Å². The summed E-state index contributed by atoms with van der Waals surface area (Å²) in [5.41, 5.74) is 0.477. The molecule has 0 radical (unpaired) electrons. The number of urea groups is 1. The predicted octanol–water partition coefficient (Wildman–Crippen LogP) is 5.21. The van der Waals surface area contributed by atoms with Crippen LogP contribution in [0.5, 0.6) is 5.75 Å². The van der Waals surface area contributed by atoms with Crippen LogP contribution >= 0.6 is 39.1 Å². The van der Waals surface area contributed by atoms with E-state index in [-0.39, 0.29) is 27.4 Å². The number of rotatable bonds is 4. The first-order chi connectivity index (χ1) is 13.7. The van der Waals surface area contributed by atoms with Gasteiger partial charge >= 0.3 is 6.03 Å². The zero-order chi connectivity index (χ0) is 21.3. The average Bonchev–Trinajstić information content (AvgIpc) is 2.63. The Bertz CT molecular complexity index is 1050. The molecule has 1 saturated heterocycles. The minimum atomic E-state index is -0.872. The third-order valence-corrected chi connectivity index (χ3v) is 5.13. The summed E-state index contributed by atoms with van der Waals surface area (Å²) < 4.78 is 6.49. The van der Waals surface area contributed by atoms with Crippen molar-refractivity contribution in [1.29, 1.82) is 0 Å². The largest absolute Gasteiger partial charge is 0.490 e. The van der Waals surface area contributed by atoms with Crippen LogP contribution in [0.15, 0.2) is 46.4 Å². The third-order valence-electron chi connectivity index (χ3n) is 3.90. The van der Waals surface area contributed by atoms with Crippen LogP contribution in [0.1, 0.15) is 19.4 Å². The maximum Gasteiger partial charge on any atom is 0.335 e. The van der Waals surface area contributed by atoms with Gasteiger partial charge in [-0.15, -0.1) is 0 Å². The molecule has 0 atom stereocenters. The van der Waals surface area contributed by atoms with Gasteiger partial charge in [-0.3, -0.25) is 14.9 Å². The molecule has 1 N–H and O–H groups in total. The van der Waals surface area contributed by atoms with Gasteiger partial charge < -0.3 is 4.74 Å². The lowest BCUT2D eigenvalue weighted by molar-refractivity contribution is -0.122. The summed E-state index contributed by atoms with van der Waals surface area (Å²) in [4.78, 5) is 38.5. The van der Waals surface area contributed by atoms with Crippen molar-refractivity contribution in [3.8, 4) is 5.75 Å². The molecule has 4 amide bonds. The van der Waals surface area contributed by atoms with E-state index in [2.05, 4.69) is 21.2 Å². The molecule has 0 unspecified atom stereocenters. The van der Waals surface area contributed by atoms with Gasteiger partial charge in [0, 0.05) is 10.0 Å². The van der Waals surface area contributed by atoms with Gasteiger partial charge in [-0.1, -0.05) is 39.1 Å². The number of benzene rings is 2. The average molecular weight is 498 g/mol. The van der Waals surface area contributed by atoms with E-state index < -0.39 is 17.8 Å². The lowest BCUT2D eigenvalue weighted by atomic mass is 10.1. The molecule has 0 spiro atoms. The lowest BCUT2D eigenvalue weighted by Crippen LogP contribution is -2.54. The highest BCUT2D eigenvalue weighted by Gasteiger charge is 2.37. The summed E-state index contributed by atoms with van der Waals surface area (Å²) >= 11 is 15.3. The Morgan fingerprint density at radius 1 is 1.07 bits per heavy atom. The zero-order valence-corrected chi connectivity index (χ0v) is 18.4. The van der Waals surface area contributed by atoms with Crippen molar-refractivity contribution >= 4 is 68.7 Å². The quantitative estimate of drug-likeness (QED) is 0.464. The molecule has 2 aromatic carbocycles. The fourth-order valence-corrected chi connectivity index (χ4v) is 3.34. The highest BCUT2D eigenvalue weighted by Crippen LogP contribution is 2.31. The number of nitrogens with zero attached hydrogens (tertiary/aromatic N) is 1. The molecule has 29 heavy (non-hydrogen) atoms. The Balaban J connectivity index is 2.06. The van der Waals surface area contributed by atoms with E-state index in [0.717, 1.165) is 9.37 Å². The van der Waals surface area contributed by atoms with E-state index in [0.29, 0.717) is 11.3 Å². The summed E-state index contributed by atoms with van der Waals surface area (Å²) in [6.45, 7) is 3.73. The van der Waals surface area contributed by atoms with Gasteiger partial charge in [0.2, 0.25) is 0 Å². The van der Waals surface area contributed by atoms with Gasteiger partial charge in [-0.25, -0.2) is 9.69 Å². The van der Waals surface area contributed by atoms with Crippen LogP contribution < -0.4 is 15.0 Å². The standard InChI is InChI=1S/C20H15BrCl2N2O4/c1-10(2)29-17-6-3-12(21)7-11(17)8-14-18(26)24-20(28)25(19(14)27)13-4-5-15(22)16(23)9-13/h3-10H,1-2H3,(H,24,26,28)/b14-8+. The highest BCUT2D eigenvalue weighted by molar-refractivity contribution is 9.10. The monoisotopic (exact) mass is 496 g/mol. The van der Waals surface area contributed by atoms with Crippen LogP contribution in [0.25, 0.3) is 6.08 Å². The summed E-state index contributed by atoms with van der Waals surface area (Å²) in [7, 11) is 0. The number of carbonyl (C=O) groups excluding carboxylic acids is 3. The van der Waals surface area contributed by atoms with Crippen LogP contribution in [-0.2, 0) is 9.59 Å². The summed E-state index contributed by atoms with van der Waals surface area (Å²) in [5.74, 6) is -1.09. The number of amides is 4. The van der Waals surface area contributed by atoms with Gasteiger partial charge in [0.1, 0.15) is 11.3 Å². The maximum atomic E-state index is 13.0. The number of hydrogen-bond donors (Lipinski definition) is 1. The van der Waals surface area contributed by atoms with Crippen molar-refractivity contribution in [2.45, 2.75) is 20.0 Å². The van der Waals surface area contributed by atoms with Crippen LogP contribution in [0, 0.1) is 0 Å². The second-order valence-electron chi connectivity index (χ2n) is 6.41. The van der Waals surface area contributed by atoms with E-state index in [1.165, 1.54) is 24.3 Å². The van der Waals surface area contributed by atoms with Crippen molar-refractivity contribution in [3.63, 3.8) is 0 Å². The molecule has 1 heterocycles. The number of hydrogen-bond acceptors (Lipinski definition) is 4. The number of imide groups is 2. The van der Waals surface area contributed by atoms with Crippen molar-refractivity contribution in [2.24, 2.45) is 0 Å². The van der Waals surface area contributed by atoms with E-state index in [1.807, 2.05) is 13.8 Å². The fourth-order valence-electron chi connectivity index (χ4n) is 2.66. The first kappa shape index (κ1) is 21.4. The zero-order valence-electron chi connectivity index (χ0n) is 15.3. The lowest BCUT2D eigenvalue weighted by Gasteiger charge is -2.26. The molecular weight excluding hydrogens is 483 g/mol. The molecule has 0 bridgehead atoms. The molecule has 3 rings (SSSR count). The Morgan fingerprint density at radius 2 is 1.79 bits per heavy atom. The summed E-state index contributed by atoms with van der Waals surface area (Å²) in [5, 5.41) is 2.62. The maximum absolute atomic E-state index is 13.0. The normalized spacial score (nSPS) is 15.9. The SMILES string of the molecule is CC(C)Oc1ccc(Br)cc1/C=C1\C(=O)NC(=O)N(c2ccc(Cl)c(Cl)c2)C1=O. The van der Waals surface area contributed by atoms with Crippen LogP contribution in [0.2, 0.25) is 10.0 Å². The first-order valence-electron chi connectivity index (χ1n) is 8.50. The second-order valence-corrected chi connectivity index (χ2v) is 8.14. The molecule has 0 saturated carbocycles. The number of anilines is 1. The molecule has 0 aromatic heterocycles. The highest BCUT2D eigenvalue weighted by atomic mass is 79.9. The van der Waals surface area contributed by atoms with Gasteiger partial charge in [0.25, 0.3) is 11.8 Å². The topological polar surface area (TPSA) is 75.7 Å². The van der Waals surface area contributed by atoms with E-state index in [9.17, 15) is 14.4 Å². The Labute approximate surface area is 185 Å². The van der Waals surface area contributed by atoms with Crippen LogP contribution in [0.3, 0.4) is 0 Å². The predicted molar refractivity (Wildman–Crippen MR) is 115 cm³/mol. The number of ether oxygens (including phenoxy) is 1. The van der Waals surface area contributed by atoms with E-state index >= 15 is 0 Å². The van der Waals surface area contributed by atoms with Crippen LogP contribution in [0.4, 0.5) is 10.5 Å². The Hall–Kier alpha value is -2.35. The fraction of sp³-hybridized carbons (Fsp3) is 0.150. The second kappa shape index (κ2) is 8.57. The molecule has 2 aromatic rings. The number of halogens is 3. The summed E-state index contributed by atoms with van der Waals surface area (Å²) in [6, 6.07) is 8.65. The minimum absolute atomic E-state index is 0.113. The van der Waals surface area contributed by atoms with Crippen molar-refractivity contribution in [3.05, 3.63) is 62.1 Å². The van der Waals surface area contributed by atoms with Gasteiger partial charge in [-0.2, -0.15) is 0 Å². The van der Waals surface area contributed by atoms with Crippen molar-refractivity contribution in [1.82, 2.24) is 5.32 Å². The minimum Gasteiger partial charge on any atom is -0.490 e. The number of barbiturate groups is 1. The van der Waals surface area contributed by atoms with Gasteiger partial charge in [0.15, 0.2) is 0 Å². The molecule has 1 aliphatic heterocycles. The van der Waals surface area contributed by atoms with Gasteiger partial charge in [0.05, 0.1) is 21.8 Å². The molecule has 1 fully saturated rings. The first-order valence-corrected chi connectivity index (χ1v) is 10.0.